The average molecular weight is 519 g/mol. The number of halogens is 6. The topological polar surface area (TPSA) is 93.7 Å². The summed E-state index contributed by atoms with van der Waals surface area (Å²) in [6, 6.07) is 0.0799. The molecule has 0 spiro atoms. The van der Waals surface area contributed by atoms with E-state index < -0.39 is 47.3 Å². The van der Waals surface area contributed by atoms with E-state index >= 15 is 0 Å². The van der Waals surface area contributed by atoms with Crippen molar-refractivity contribution < 1.29 is 40.7 Å². The van der Waals surface area contributed by atoms with Crippen molar-refractivity contribution in [1.82, 2.24) is 19.4 Å². The first-order valence-electron chi connectivity index (χ1n) is 11.2. The number of ether oxygens (including phenoxy) is 1. The number of carbonyl (C=O) groups is 2. The zero-order chi connectivity index (χ0) is 26.2. The Hall–Kier alpha value is -3.13. The third-order valence-corrected chi connectivity index (χ3v) is 6.12. The van der Waals surface area contributed by atoms with Gasteiger partial charge in [-0.15, -0.1) is 0 Å². The fourth-order valence-electron chi connectivity index (χ4n) is 4.31. The summed E-state index contributed by atoms with van der Waals surface area (Å²) in [6.45, 7) is 0.244. The lowest BCUT2D eigenvalue weighted by Crippen LogP contribution is -2.43. The van der Waals surface area contributed by atoms with Gasteiger partial charge >= 0.3 is 6.18 Å². The molecule has 2 aromatic rings. The summed E-state index contributed by atoms with van der Waals surface area (Å²) in [7, 11) is 0. The van der Waals surface area contributed by atoms with Crippen molar-refractivity contribution in [3.05, 3.63) is 52.4 Å². The van der Waals surface area contributed by atoms with Crippen molar-refractivity contribution in [2.75, 3.05) is 32.8 Å². The van der Waals surface area contributed by atoms with E-state index in [9.17, 15) is 35.9 Å². The fraction of sp³-hybridized carbons (Fsp3) is 0.500. The smallest absolute Gasteiger partial charge is 0.378 e. The van der Waals surface area contributed by atoms with Crippen LogP contribution < -0.4 is 5.73 Å². The van der Waals surface area contributed by atoms with Gasteiger partial charge in [-0.2, -0.15) is 13.2 Å². The van der Waals surface area contributed by atoms with Crippen LogP contribution in [0.25, 0.3) is 0 Å². The third kappa shape index (κ3) is 5.33. The SMILES string of the molecule is N[C@@H](CC(=O)N1CCn2c(C(F)(F)F)nc(C(=O)N3CCOCC3)c2C1)Cc1cc(F)c(F)cc1F. The summed E-state index contributed by atoms with van der Waals surface area (Å²) >= 11 is 0. The monoisotopic (exact) mass is 519 g/mol. The van der Waals surface area contributed by atoms with E-state index in [1.54, 1.807) is 0 Å². The summed E-state index contributed by atoms with van der Waals surface area (Å²) in [5.74, 6) is -6.07. The summed E-state index contributed by atoms with van der Waals surface area (Å²) in [5.41, 5.74) is 5.30. The number of morpholine rings is 1. The van der Waals surface area contributed by atoms with E-state index in [1.807, 2.05) is 0 Å². The molecule has 8 nitrogen and oxygen atoms in total. The van der Waals surface area contributed by atoms with E-state index in [-0.39, 0.29) is 75.7 Å². The summed E-state index contributed by atoms with van der Waals surface area (Å²) in [5, 5.41) is 0. The highest BCUT2D eigenvalue weighted by Gasteiger charge is 2.42. The maximum absolute atomic E-state index is 13.9. The Morgan fingerprint density at radius 2 is 1.67 bits per heavy atom. The number of hydrogen-bond donors (Lipinski definition) is 1. The quantitative estimate of drug-likeness (QED) is 0.483. The van der Waals surface area contributed by atoms with Crippen LogP contribution in [0.4, 0.5) is 26.3 Å². The molecule has 2 N–H and O–H groups in total. The second-order valence-corrected chi connectivity index (χ2v) is 8.63. The van der Waals surface area contributed by atoms with Gasteiger partial charge in [-0.05, 0) is 18.1 Å². The molecule has 1 saturated heterocycles. The van der Waals surface area contributed by atoms with Crippen LogP contribution in [0.1, 0.15) is 34.0 Å². The molecule has 3 heterocycles. The Kier molecular flexibility index (Phi) is 7.27. The van der Waals surface area contributed by atoms with Crippen LogP contribution >= 0.6 is 0 Å². The van der Waals surface area contributed by atoms with Gasteiger partial charge in [0.2, 0.25) is 11.7 Å². The molecule has 0 saturated carbocycles. The van der Waals surface area contributed by atoms with Gasteiger partial charge in [0.1, 0.15) is 5.82 Å². The standard InChI is InChI=1S/C22H23F6N5O3/c23-14-10-16(25)15(24)8-12(14)7-13(29)9-18(34)32-1-2-33-17(11-32)19(30-21(33)22(26,27)28)20(35)31-3-5-36-6-4-31/h8,10,13H,1-7,9,11,29H2/t13-/m1/s1. The predicted molar refractivity (Wildman–Crippen MR) is 112 cm³/mol. The van der Waals surface area contributed by atoms with Crippen molar-refractivity contribution in [3.8, 4) is 0 Å². The number of benzene rings is 1. The summed E-state index contributed by atoms with van der Waals surface area (Å²) in [4.78, 5) is 32.0. The maximum Gasteiger partial charge on any atom is 0.449 e. The van der Waals surface area contributed by atoms with Crippen LogP contribution in [0.5, 0.6) is 0 Å². The molecule has 0 bridgehead atoms. The van der Waals surface area contributed by atoms with Gasteiger partial charge in [-0.1, -0.05) is 0 Å². The molecule has 1 atom stereocenters. The minimum atomic E-state index is -4.80. The second-order valence-electron chi connectivity index (χ2n) is 8.63. The highest BCUT2D eigenvalue weighted by molar-refractivity contribution is 5.94. The van der Waals surface area contributed by atoms with E-state index in [2.05, 4.69) is 4.98 Å². The van der Waals surface area contributed by atoms with Gasteiger partial charge in [0.05, 0.1) is 25.5 Å². The maximum atomic E-state index is 13.9. The van der Waals surface area contributed by atoms with Crippen LogP contribution in [-0.4, -0.2) is 70.1 Å². The van der Waals surface area contributed by atoms with Gasteiger partial charge in [0.15, 0.2) is 17.3 Å². The molecule has 4 rings (SSSR count). The van der Waals surface area contributed by atoms with Crippen LogP contribution in [0, 0.1) is 17.5 Å². The first-order valence-corrected chi connectivity index (χ1v) is 11.2. The lowest BCUT2D eigenvalue weighted by molar-refractivity contribution is -0.148. The molecule has 36 heavy (non-hydrogen) atoms. The third-order valence-electron chi connectivity index (χ3n) is 6.12. The lowest BCUT2D eigenvalue weighted by atomic mass is 10.0. The van der Waals surface area contributed by atoms with Crippen molar-refractivity contribution >= 4 is 11.8 Å². The molecule has 2 amide bonds. The van der Waals surface area contributed by atoms with Gasteiger partial charge < -0.3 is 24.8 Å². The van der Waals surface area contributed by atoms with Crippen LogP contribution in [0.15, 0.2) is 12.1 Å². The molecule has 2 aliphatic rings. The number of imidazole rings is 1. The Bertz CT molecular complexity index is 1160. The zero-order valence-corrected chi connectivity index (χ0v) is 19.0. The Morgan fingerprint density at radius 3 is 2.33 bits per heavy atom. The molecule has 1 aromatic carbocycles. The minimum Gasteiger partial charge on any atom is -0.378 e. The number of nitrogens with zero attached hydrogens (tertiary/aromatic N) is 4. The van der Waals surface area contributed by atoms with E-state index in [4.69, 9.17) is 10.5 Å². The number of hydrogen-bond acceptors (Lipinski definition) is 5. The first kappa shape index (κ1) is 25.9. The molecule has 196 valence electrons. The largest absolute Gasteiger partial charge is 0.449 e. The van der Waals surface area contributed by atoms with E-state index in [0.29, 0.717) is 12.1 Å². The Labute approximate surface area is 201 Å². The normalized spacial score (nSPS) is 17.2. The molecule has 14 heteroatoms. The van der Waals surface area contributed by atoms with Gasteiger partial charge in [0.25, 0.3) is 5.91 Å². The average Bonchev–Trinajstić information content (AvgIpc) is 3.22. The summed E-state index contributed by atoms with van der Waals surface area (Å²) < 4.78 is 87.4. The predicted octanol–water partition coefficient (Wildman–Crippen LogP) is 2.09. The zero-order valence-electron chi connectivity index (χ0n) is 19.0. The highest BCUT2D eigenvalue weighted by atomic mass is 19.4. The van der Waals surface area contributed by atoms with Crippen LogP contribution in [0.3, 0.4) is 0 Å². The Balaban J connectivity index is 1.51. The second kappa shape index (κ2) is 10.1. The molecule has 1 aromatic heterocycles. The molecule has 1 fully saturated rings. The highest BCUT2D eigenvalue weighted by Crippen LogP contribution is 2.33. The van der Waals surface area contributed by atoms with E-state index in [0.717, 1.165) is 4.57 Å². The molecule has 0 aliphatic carbocycles. The van der Waals surface area contributed by atoms with Gasteiger partial charge in [-0.3, -0.25) is 9.59 Å². The molecule has 0 unspecified atom stereocenters. The van der Waals surface area contributed by atoms with Gasteiger partial charge in [0, 0.05) is 44.7 Å². The van der Waals surface area contributed by atoms with E-state index in [1.165, 1.54) is 9.80 Å². The lowest BCUT2D eigenvalue weighted by Gasteiger charge is -2.31. The number of fused-ring (bicyclic) bond motifs is 1. The fourth-order valence-corrected chi connectivity index (χ4v) is 4.31. The number of alkyl halides is 3. The number of amides is 2. The molecule has 2 aliphatic heterocycles. The van der Waals surface area contributed by atoms with Crippen molar-refractivity contribution in [3.63, 3.8) is 0 Å². The summed E-state index contributed by atoms with van der Waals surface area (Å²) in [6.07, 6.45) is -5.40. The van der Waals surface area contributed by atoms with Crippen molar-refractivity contribution in [2.24, 2.45) is 5.73 Å². The molecular formula is C22H23F6N5O3. The van der Waals surface area contributed by atoms with Crippen LogP contribution in [-0.2, 0) is 35.2 Å². The molecule has 0 radical (unpaired) electrons. The van der Waals surface area contributed by atoms with Crippen molar-refractivity contribution in [2.45, 2.75) is 38.1 Å². The van der Waals surface area contributed by atoms with Gasteiger partial charge in [-0.25, -0.2) is 18.2 Å². The van der Waals surface area contributed by atoms with Crippen molar-refractivity contribution in [1.29, 1.82) is 0 Å². The Morgan fingerprint density at radius 1 is 1.00 bits per heavy atom. The van der Waals surface area contributed by atoms with Crippen LogP contribution in [0.2, 0.25) is 0 Å². The number of carbonyl (C=O) groups excluding carboxylic acids is 2. The molecular weight excluding hydrogens is 496 g/mol. The number of nitrogens with two attached hydrogens (primary N) is 1. The first-order chi connectivity index (χ1) is 17.0. The minimum absolute atomic E-state index is 0.0429. The number of rotatable bonds is 5. The number of aromatic nitrogens is 2.